The monoisotopic (exact) mass is 310 g/mol. The van der Waals surface area contributed by atoms with Gasteiger partial charge in [0.05, 0.1) is 19.1 Å². The van der Waals surface area contributed by atoms with Crippen molar-refractivity contribution in [2.75, 3.05) is 14.2 Å². The van der Waals surface area contributed by atoms with E-state index in [-0.39, 0.29) is 22.9 Å². The van der Waals surface area contributed by atoms with Crippen LogP contribution in [0.15, 0.2) is 18.2 Å². The van der Waals surface area contributed by atoms with Gasteiger partial charge in [0, 0.05) is 11.6 Å². The van der Waals surface area contributed by atoms with Crippen molar-refractivity contribution in [2.24, 2.45) is 5.92 Å². The first-order valence-corrected chi connectivity index (χ1v) is 6.53. The number of hydrogen-bond acceptors (Lipinski definition) is 6. The van der Waals surface area contributed by atoms with E-state index in [1.807, 2.05) is 0 Å². The normalized spacial score (nSPS) is 11.7. The Bertz CT molecular complexity index is 585. The first-order valence-electron chi connectivity index (χ1n) is 6.53. The summed E-state index contributed by atoms with van der Waals surface area (Å²) in [7, 11) is 2.52. The molecule has 0 aliphatic carbocycles. The Hall–Kier alpha value is -2.64. The SMILES string of the molecule is COC(=O)[C@@H](NC(=O)c1ccc(OC)c([N+](=O)[O-])c1)C(C)C. The van der Waals surface area contributed by atoms with Crippen molar-refractivity contribution in [3.05, 3.63) is 33.9 Å². The number of nitro benzene ring substituents is 1. The minimum Gasteiger partial charge on any atom is -0.490 e. The highest BCUT2D eigenvalue weighted by Crippen LogP contribution is 2.27. The van der Waals surface area contributed by atoms with Gasteiger partial charge in [-0.2, -0.15) is 0 Å². The van der Waals surface area contributed by atoms with Crippen LogP contribution in [0.25, 0.3) is 0 Å². The van der Waals surface area contributed by atoms with Gasteiger partial charge in [-0.1, -0.05) is 13.8 Å². The Kier molecular flexibility index (Phi) is 5.85. The predicted octanol–water partition coefficient (Wildman–Crippen LogP) is 1.53. The summed E-state index contributed by atoms with van der Waals surface area (Å²) in [6.45, 7) is 3.50. The molecule has 8 nitrogen and oxygen atoms in total. The van der Waals surface area contributed by atoms with Crippen LogP contribution in [0.3, 0.4) is 0 Å². The number of nitro groups is 1. The topological polar surface area (TPSA) is 108 Å². The predicted molar refractivity (Wildman–Crippen MR) is 77.8 cm³/mol. The van der Waals surface area contributed by atoms with Crippen LogP contribution >= 0.6 is 0 Å². The molecular weight excluding hydrogens is 292 g/mol. The molecule has 8 heteroatoms. The van der Waals surface area contributed by atoms with Gasteiger partial charge in [-0.15, -0.1) is 0 Å². The molecule has 1 rings (SSSR count). The molecular formula is C14H18N2O6. The highest BCUT2D eigenvalue weighted by molar-refractivity contribution is 5.97. The van der Waals surface area contributed by atoms with Crippen LogP contribution < -0.4 is 10.1 Å². The zero-order chi connectivity index (χ0) is 16.9. The molecule has 1 N–H and O–H groups in total. The highest BCUT2D eigenvalue weighted by atomic mass is 16.6. The number of ether oxygens (including phenoxy) is 2. The number of nitrogens with zero attached hydrogens (tertiary/aromatic N) is 1. The maximum Gasteiger partial charge on any atom is 0.328 e. The van der Waals surface area contributed by atoms with Crippen LogP contribution in [-0.2, 0) is 9.53 Å². The van der Waals surface area contributed by atoms with Crippen molar-refractivity contribution in [1.29, 1.82) is 0 Å². The van der Waals surface area contributed by atoms with Crippen LogP contribution in [0.5, 0.6) is 5.75 Å². The van der Waals surface area contributed by atoms with Crippen LogP contribution in [0.4, 0.5) is 5.69 Å². The van der Waals surface area contributed by atoms with E-state index in [4.69, 9.17) is 4.74 Å². The molecule has 0 saturated heterocycles. The smallest absolute Gasteiger partial charge is 0.328 e. The van der Waals surface area contributed by atoms with Gasteiger partial charge in [0.2, 0.25) is 0 Å². The third kappa shape index (κ3) is 3.94. The largest absolute Gasteiger partial charge is 0.490 e. The van der Waals surface area contributed by atoms with Crippen molar-refractivity contribution in [3.8, 4) is 5.75 Å². The van der Waals surface area contributed by atoms with E-state index in [2.05, 4.69) is 10.1 Å². The van der Waals surface area contributed by atoms with E-state index in [9.17, 15) is 19.7 Å². The molecule has 0 aliphatic rings. The second-order valence-corrected chi connectivity index (χ2v) is 4.86. The molecule has 120 valence electrons. The van der Waals surface area contributed by atoms with E-state index < -0.39 is 22.8 Å². The second-order valence-electron chi connectivity index (χ2n) is 4.86. The van der Waals surface area contributed by atoms with Gasteiger partial charge in [0.25, 0.3) is 5.91 Å². The molecule has 0 radical (unpaired) electrons. The van der Waals surface area contributed by atoms with E-state index in [1.54, 1.807) is 13.8 Å². The van der Waals surface area contributed by atoms with Crippen LogP contribution in [0.1, 0.15) is 24.2 Å². The molecule has 0 aromatic heterocycles. The van der Waals surface area contributed by atoms with Crippen molar-refractivity contribution in [2.45, 2.75) is 19.9 Å². The lowest BCUT2D eigenvalue weighted by atomic mass is 10.0. The van der Waals surface area contributed by atoms with Gasteiger partial charge in [-0.05, 0) is 18.1 Å². The fourth-order valence-corrected chi connectivity index (χ4v) is 1.82. The first-order chi connectivity index (χ1) is 10.3. The summed E-state index contributed by atoms with van der Waals surface area (Å²) in [6, 6.07) is 2.98. The number of benzene rings is 1. The summed E-state index contributed by atoms with van der Waals surface area (Å²) in [5, 5.41) is 13.5. The number of methoxy groups -OCH3 is 2. The number of carbonyl (C=O) groups is 2. The van der Waals surface area contributed by atoms with Crippen molar-refractivity contribution >= 4 is 17.6 Å². The van der Waals surface area contributed by atoms with Crippen molar-refractivity contribution in [1.82, 2.24) is 5.32 Å². The van der Waals surface area contributed by atoms with Gasteiger partial charge < -0.3 is 14.8 Å². The first kappa shape index (κ1) is 17.4. The van der Waals surface area contributed by atoms with Crippen molar-refractivity contribution in [3.63, 3.8) is 0 Å². The molecule has 1 atom stereocenters. The lowest BCUT2D eigenvalue weighted by Crippen LogP contribution is -2.45. The fourth-order valence-electron chi connectivity index (χ4n) is 1.82. The quantitative estimate of drug-likeness (QED) is 0.485. The summed E-state index contributed by atoms with van der Waals surface area (Å²) < 4.78 is 9.50. The number of esters is 1. The summed E-state index contributed by atoms with van der Waals surface area (Å²) in [5.41, 5.74) is -0.267. The maximum atomic E-state index is 12.2. The Morgan fingerprint density at radius 1 is 1.27 bits per heavy atom. The average Bonchev–Trinajstić information content (AvgIpc) is 2.50. The lowest BCUT2D eigenvalue weighted by molar-refractivity contribution is -0.385. The highest BCUT2D eigenvalue weighted by Gasteiger charge is 2.26. The Morgan fingerprint density at radius 3 is 2.36 bits per heavy atom. The lowest BCUT2D eigenvalue weighted by Gasteiger charge is -2.19. The van der Waals surface area contributed by atoms with E-state index in [0.717, 1.165) is 6.07 Å². The van der Waals surface area contributed by atoms with E-state index in [0.29, 0.717) is 0 Å². The third-order valence-corrected chi connectivity index (χ3v) is 3.05. The van der Waals surface area contributed by atoms with Crippen LogP contribution in [-0.4, -0.2) is 37.1 Å². The molecule has 0 saturated carbocycles. The molecule has 0 fully saturated rings. The van der Waals surface area contributed by atoms with Crippen LogP contribution in [0, 0.1) is 16.0 Å². The molecule has 0 aliphatic heterocycles. The number of amides is 1. The second kappa shape index (κ2) is 7.39. The van der Waals surface area contributed by atoms with Gasteiger partial charge in [-0.3, -0.25) is 14.9 Å². The van der Waals surface area contributed by atoms with E-state index in [1.165, 1.54) is 26.4 Å². The minimum absolute atomic E-state index is 0.0509. The van der Waals surface area contributed by atoms with Gasteiger partial charge in [-0.25, -0.2) is 4.79 Å². The standard InChI is InChI=1S/C14H18N2O6/c1-8(2)12(14(18)22-4)15-13(17)9-5-6-11(21-3)10(7-9)16(19)20/h5-8,12H,1-4H3,(H,15,17)/t12-/m0/s1. The minimum atomic E-state index is -0.835. The Morgan fingerprint density at radius 2 is 1.91 bits per heavy atom. The van der Waals surface area contributed by atoms with Crippen LogP contribution in [0.2, 0.25) is 0 Å². The molecule has 1 aromatic rings. The van der Waals surface area contributed by atoms with Gasteiger partial charge in [0.1, 0.15) is 6.04 Å². The molecule has 1 aromatic carbocycles. The number of hydrogen-bond donors (Lipinski definition) is 1. The molecule has 1 amide bonds. The fraction of sp³-hybridized carbons (Fsp3) is 0.429. The Balaban J connectivity index is 3.05. The molecule has 22 heavy (non-hydrogen) atoms. The van der Waals surface area contributed by atoms with Gasteiger partial charge >= 0.3 is 11.7 Å². The van der Waals surface area contributed by atoms with E-state index >= 15 is 0 Å². The molecule has 0 bridgehead atoms. The summed E-state index contributed by atoms with van der Waals surface area (Å²) in [4.78, 5) is 34.1. The molecule has 0 unspecified atom stereocenters. The van der Waals surface area contributed by atoms with Gasteiger partial charge in [0.15, 0.2) is 5.75 Å². The number of carbonyl (C=O) groups excluding carboxylic acids is 2. The Labute approximate surface area is 127 Å². The zero-order valence-corrected chi connectivity index (χ0v) is 12.8. The maximum absolute atomic E-state index is 12.2. The third-order valence-electron chi connectivity index (χ3n) is 3.05. The molecule has 0 heterocycles. The van der Waals surface area contributed by atoms with Crippen molar-refractivity contribution < 1.29 is 24.0 Å². The summed E-state index contributed by atoms with van der Waals surface area (Å²) in [5.74, 6) is -1.32. The molecule has 0 spiro atoms. The number of nitrogens with one attached hydrogen (secondary N) is 1. The zero-order valence-electron chi connectivity index (χ0n) is 12.8. The summed E-state index contributed by atoms with van der Waals surface area (Å²) in [6.07, 6.45) is 0. The summed E-state index contributed by atoms with van der Waals surface area (Å²) >= 11 is 0. The average molecular weight is 310 g/mol. The number of rotatable bonds is 6.